The van der Waals surface area contributed by atoms with Gasteiger partial charge in [0, 0.05) is 24.6 Å². The van der Waals surface area contributed by atoms with Crippen LogP contribution in [0.15, 0.2) is 59.5 Å². The summed E-state index contributed by atoms with van der Waals surface area (Å²) in [5.74, 6) is -2.21. The van der Waals surface area contributed by atoms with E-state index in [0.717, 1.165) is 5.56 Å². The van der Waals surface area contributed by atoms with Crippen molar-refractivity contribution in [2.45, 2.75) is 10.8 Å². The van der Waals surface area contributed by atoms with E-state index in [-0.39, 0.29) is 23.3 Å². The fraction of sp³-hybridized carbons (Fsp3) is 0.263. The van der Waals surface area contributed by atoms with Crippen LogP contribution in [0.25, 0.3) is 0 Å². The second kappa shape index (κ2) is 7.50. The predicted octanol–water partition coefficient (Wildman–Crippen LogP) is 1.54. The molecule has 1 amide bonds. The van der Waals surface area contributed by atoms with Crippen molar-refractivity contribution in [3.8, 4) is 0 Å². The molecule has 1 saturated heterocycles. The molecular weight excluding hydrogens is 368 g/mol. The maximum atomic E-state index is 12.8. The van der Waals surface area contributed by atoms with E-state index in [1.54, 1.807) is 0 Å². The first-order valence-corrected chi connectivity index (χ1v) is 9.92. The van der Waals surface area contributed by atoms with Gasteiger partial charge in [-0.3, -0.25) is 9.59 Å². The number of nitrogens with zero attached hydrogens (tertiary/aromatic N) is 1. The minimum absolute atomic E-state index is 0.0635. The normalized spacial score (nSPS) is 19.8. The van der Waals surface area contributed by atoms with Crippen molar-refractivity contribution in [2.24, 2.45) is 5.92 Å². The molecule has 2 aromatic carbocycles. The molecule has 0 aliphatic carbocycles. The summed E-state index contributed by atoms with van der Waals surface area (Å²) < 4.78 is 25.8. The summed E-state index contributed by atoms with van der Waals surface area (Å²) in [7, 11) is -2.26. The van der Waals surface area contributed by atoms with Crippen LogP contribution in [0.4, 0.5) is 0 Å². The van der Waals surface area contributed by atoms with Gasteiger partial charge in [-0.2, -0.15) is 0 Å². The standard InChI is InChI=1S/C19H20N2O5S/c1-20-27(25,26)15-9-7-14(8-10-15)18(22)21-11-16(17(12-21)19(23)24)13-5-3-2-4-6-13/h2-10,16-17,20H,11-12H2,1H3,(H,23,24). The van der Waals surface area contributed by atoms with Gasteiger partial charge in [0.15, 0.2) is 0 Å². The van der Waals surface area contributed by atoms with Gasteiger partial charge >= 0.3 is 5.97 Å². The zero-order valence-corrected chi connectivity index (χ0v) is 15.5. The summed E-state index contributed by atoms with van der Waals surface area (Å²) >= 11 is 0. The van der Waals surface area contributed by atoms with Gasteiger partial charge in [0.25, 0.3) is 5.91 Å². The zero-order chi connectivity index (χ0) is 19.6. The molecule has 2 aromatic rings. The molecule has 8 heteroatoms. The molecule has 2 N–H and O–H groups in total. The number of hydrogen-bond donors (Lipinski definition) is 2. The molecule has 142 valence electrons. The Hall–Kier alpha value is -2.71. The van der Waals surface area contributed by atoms with Crippen LogP contribution in [-0.2, 0) is 14.8 Å². The smallest absolute Gasteiger partial charge is 0.308 e. The Bertz CT molecular complexity index is 942. The number of hydrogen-bond acceptors (Lipinski definition) is 4. The number of benzene rings is 2. The second-order valence-electron chi connectivity index (χ2n) is 6.40. The van der Waals surface area contributed by atoms with E-state index in [1.165, 1.54) is 36.2 Å². The van der Waals surface area contributed by atoms with Crippen molar-refractivity contribution in [3.05, 3.63) is 65.7 Å². The van der Waals surface area contributed by atoms with Gasteiger partial charge in [0.2, 0.25) is 10.0 Å². The van der Waals surface area contributed by atoms with E-state index < -0.39 is 21.9 Å². The van der Waals surface area contributed by atoms with E-state index in [9.17, 15) is 23.1 Å². The van der Waals surface area contributed by atoms with Crippen molar-refractivity contribution in [1.29, 1.82) is 0 Å². The third-order valence-corrected chi connectivity index (χ3v) is 6.26. The summed E-state index contributed by atoms with van der Waals surface area (Å²) in [4.78, 5) is 26.0. The summed E-state index contributed by atoms with van der Waals surface area (Å²) in [5, 5.41) is 9.56. The first kappa shape index (κ1) is 19.1. The lowest BCUT2D eigenvalue weighted by Gasteiger charge is -2.17. The van der Waals surface area contributed by atoms with Crippen molar-refractivity contribution in [2.75, 3.05) is 20.1 Å². The Morgan fingerprint density at radius 1 is 1.04 bits per heavy atom. The number of carbonyl (C=O) groups is 2. The van der Waals surface area contributed by atoms with Gasteiger partial charge in [-0.25, -0.2) is 13.1 Å². The maximum absolute atomic E-state index is 12.8. The highest BCUT2D eigenvalue weighted by Crippen LogP contribution is 2.33. The summed E-state index contributed by atoms with van der Waals surface area (Å²) in [6.07, 6.45) is 0. The highest BCUT2D eigenvalue weighted by molar-refractivity contribution is 7.89. The number of carboxylic acids is 1. The Morgan fingerprint density at radius 2 is 1.67 bits per heavy atom. The van der Waals surface area contributed by atoms with Crippen LogP contribution < -0.4 is 4.72 Å². The zero-order valence-electron chi connectivity index (χ0n) is 14.7. The minimum Gasteiger partial charge on any atom is -0.481 e. The van der Waals surface area contributed by atoms with Crippen LogP contribution in [0.1, 0.15) is 21.8 Å². The van der Waals surface area contributed by atoms with Crippen LogP contribution in [0.3, 0.4) is 0 Å². The van der Waals surface area contributed by atoms with Crippen LogP contribution in [0, 0.1) is 5.92 Å². The van der Waals surface area contributed by atoms with Gasteiger partial charge < -0.3 is 10.0 Å². The van der Waals surface area contributed by atoms with Gasteiger partial charge in [-0.15, -0.1) is 0 Å². The van der Waals surface area contributed by atoms with Crippen molar-refractivity contribution >= 4 is 21.9 Å². The molecule has 0 spiro atoms. The first-order valence-electron chi connectivity index (χ1n) is 8.44. The minimum atomic E-state index is -3.58. The molecule has 7 nitrogen and oxygen atoms in total. The molecule has 1 fully saturated rings. The molecule has 2 unspecified atom stereocenters. The first-order chi connectivity index (χ1) is 12.8. The predicted molar refractivity (Wildman–Crippen MR) is 98.9 cm³/mol. The molecule has 1 aliphatic rings. The van der Waals surface area contributed by atoms with Gasteiger partial charge in [-0.05, 0) is 36.9 Å². The van der Waals surface area contributed by atoms with Crippen LogP contribution in [0.5, 0.6) is 0 Å². The largest absolute Gasteiger partial charge is 0.481 e. The number of amides is 1. The fourth-order valence-corrected chi connectivity index (χ4v) is 4.07. The number of aliphatic carboxylic acids is 1. The average Bonchev–Trinajstić information content (AvgIpc) is 3.14. The molecule has 0 aromatic heterocycles. The molecule has 2 atom stereocenters. The number of carbonyl (C=O) groups excluding carboxylic acids is 1. The molecule has 0 bridgehead atoms. The summed E-state index contributed by atoms with van der Waals surface area (Å²) in [6, 6.07) is 14.9. The molecule has 0 saturated carbocycles. The Balaban J connectivity index is 1.82. The topological polar surface area (TPSA) is 104 Å². The lowest BCUT2D eigenvalue weighted by atomic mass is 9.89. The van der Waals surface area contributed by atoms with Crippen molar-refractivity contribution in [3.63, 3.8) is 0 Å². The molecule has 1 aliphatic heterocycles. The number of likely N-dealkylation sites (tertiary alicyclic amines) is 1. The third-order valence-electron chi connectivity index (χ3n) is 4.83. The number of rotatable bonds is 5. The van der Waals surface area contributed by atoms with Crippen molar-refractivity contribution < 1.29 is 23.1 Å². The lowest BCUT2D eigenvalue weighted by molar-refractivity contribution is -0.141. The third kappa shape index (κ3) is 3.86. The van der Waals surface area contributed by atoms with E-state index in [1.807, 2.05) is 30.3 Å². The quantitative estimate of drug-likeness (QED) is 0.809. The Kier molecular flexibility index (Phi) is 5.29. The van der Waals surface area contributed by atoms with E-state index in [0.29, 0.717) is 12.1 Å². The van der Waals surface area contributed by atoms with Gasteiger partial charge in [-0.1, -0.05) is 30.3 Å². The SMILES string of the molecule is CNS(=O)(=O)c1ccc(C(=O)N2CC(C(=O)O)C(c3ccccc3)C2)cc1. The molecule has 0 radical (unpaired) electrons. The molecule has 3 rings (SSSR count). The van der Waals surface area contributed by atoms with Gasteiger partial charge in [0.05, 0.1) is 10.8 Å². The number of sulfonamides is 1. The van der Waals surface area contributed by atoms with Crippen LogP contribution >= 0.6 is 0 Å². The molecular formula is C19H20N2O5S. The Morgan fingerprint density at radius 3 is 2.22 bits per heavy atom. The summed E-state index contributed by atoms with van der Waals surface area (Å²) in [5.41, 5.74) is 1.21. The monoisotopic (exact) mass is 388 g/mol. The maximum Gasteiger partial charge on any atom is 0.308 e. The lowest BCUT2D eigenvalue weighted by Crippen LogP contribution is -2.30. The molecule has 27 heavy (non-hydrogen) atoms. The highest BCUT2D eigenvalue weighted by Gasteiger charge is 2.40. The van der Waals surface area contributed by atoms with E-state index >= 15 is 0 Å². The van der Waals surface area contributed by atoms with Crippen molar-refractivity contribution in [1.82, 2.24) is 9.62 Å². The number of carboxylic acid groups (broad SMARTS) is 1. The van der Waals surface area contributed by atoms with Crippen LogP contribution in [0.2, 0.25) is 0 Å². The van der Waals surface area contributed by atoms with E-state index in [2.05, 4.69) is 4.72 Å². The molecule has 1 heterocycles. The second-order valence-corrected chi connectivity index (χ2v) is 8.29. The number of nitrogens with one attached hydrogen (secondary N) is 1. The Labute approximate surface area is 157 Å². The fourth-order valence-electron chi connectivity index (χ4n) is 3.33. The average molecular weight is 388 g/mol. The van der Waals surface area contributed by atoms with Crippen LogP contribution in [-0.4, -0.2) is 50.4 Å². The van der Waals surface area contributed by atoms with E-state index in [4.69, 9.17) is 0 Å². The highest BCUT2D eigenvalue weighted by atomic mass is 32.2. The van der Waals surface area contributed by atoms with Gasteiger partial charge in [0.1, 0.15) is 0 Å². The summed E-state index contributed by atoms with van der Waals surface area (Å²) in [6.45, 7) is 0.417.